The average Bonchev–Trinajstić information content (AvgIpc) is 2.49. The largest absolute Gasteiger partial charge is 0.444 e. The van der Waals surface area contributed by atoms with E-state index in [1.807, 2.05) is 27.7 Å². The number of nitrogens with zero attached hydrogens (tertiary/aromatic N) is 2. The maximum atomic E-state index is 13.6. The topological polar surface area (TPSA) is 61.9 Å². The van der Waals surface area contributed by atoms with Gasteiger partial charge in [-0.3, -0.25) is 0 Å². The number of ether oxygens (including phenoxy) is 1. The SMILES string of the molecule is C[C@@H]1CN(C(=O)OC(C)(C)C)CCN1C(=O)Nc1ccc(Br)c(F)c1. The Balaban J connectivity index is 1.95. The first-order chi connectivity index (χ1) is 11.6. The van der Waals surface area contributed by atoms with E-state index in [2.05, 4.69) is 21.2 Å². The molecule has 138 valence electrons. The van der Waals surface area contributed by atoms with Crippen molar-refractivity contribution in [3.05, 3.63) is 28.5 Å². The molecule has 1 atom stereocenters. The summed E-state index contributed by atoms with van der Waals surface area (Å²) in [5.74, 6) is -0.444. The van der Waals surface area contributed by atoms with Crippen LogP contribution in [0.4, 0.5) is 19.7 Å². The van der Waals surface area contributed by atoms with Gasteiger partial charge < -0.3 is 19.9 Å². The summed E-state index contributed by atoms with van der Waals surface area (Å²) in [4.78, 5) is 27.8. The first kappa shape index (κ1) is 19.5. The van der Waals surface area contributed by atoms with Gasteiger partial charge in [-0.25, -0.2) is 14.0 Å². The van der Waals surface area contributed by atoms with Crippen LogP contribution in [-0.4, -0.2) is 53.2 Å². The summed E-state index contributed by atoms with van der Waals surface area (Å²) in [5.41, 5.74) is -0.173. The van der Waals surface area contributed by atoms with Crippen molar-refractivity contribution in [2.24, 2.45) is 0 Å². The van der Waals surface area contributed by atoms with Gasteiger partial charge in [-0.1, -0.05) is 0 Å². The number of hydrogen-bond donors (Lipinski definition) is 1. The molecule has 2 rings (SSSR count). The number of halogens is 2. The van der Waals surface area contributed by atoms with Crippen LogP contribution in [0.15, 0.2) is 22.7 Å². The van der Waals surface area contributed by atoms with E-state index in [0.717, 1.165) is 0 Å². The lowest BCUT2D eigenvalue weighted by Gasteiger charge is -2.40. The van der Waals surface area contributed by atoms with Crippen molar-refractivity contribution in [1.29, 1.82) is 0 Å². The second-order valence-electron chi connectivity index (χ2n) is 7.03. The van der Waals surface area contributed by atoms with Gasteiger partial charge in [0.2, 0.25) is 0 Å². The van der Waals surface area contributed by atoms with Crippen LogP contribution >= 0.6 is 15.9 Å². The molecule has 6 nitrogen and oxygen atoms in total. The zero-order valence-corrected chi connectivity index (χ0v) is 16.4. The van der Waals surface area contributed by atoms with Crippen molar-refractivity contribution < 1.29 is 18.7 Å². The summed E-state index contributed by atoms with van der Waals surface area (Å²) >= 11 is 3.08. The highest BCUT2D eigenvalue weighted by Gasteiger charge is 2.32. The number of amides is 3. The Kier molecular flexibility index (Phi) is 5.92. The monoisotopic (exact) mass is 415 g/mol. The van der Waals surface area contributed by atoms with Gasteiger partial charge in [0.15, 0.2) is 0 Å². The number of nitrogens with one attached hydrogen (secondary N) is 1. The molecule has 0 saturated carbocycles. The Morgan fingerprint density at radius 2 is 2.00 bits per heavy atom. The van der Waals surface area contributed by atoms with Gasteiger partial charge in [0, 0.05) is 31.4 Å². The second-order valence-corrected chi connectivity index (χ2v) is 7.88. The molecule has 1 heterocycles. The number of piperazine rings is 1. The summed E-state index contributed by atoms with van der Waals surface area (Å²) in [5, 5.41) is 2.68. The number of carbonyl (C=O) groups excluding carboxylic acids is 2. The van der Waals surface area contributed by atoms with Crippen LogP contribution < -0.4 is 5.32 Å². The third-order valence-corrected chi connectivity index (χ3v) is 4.35. The molecule has 0 spiro atoms. The van der Waals surface area contributed by atoms with Crippen molar-refractivity contribution in [3.8, 4) is 0 Å². The zero-order valence-electron chi connectivity index (χ0n) is 14.8. The van der Waals surface area contributed by atoms with E-state index in [9.17, 15) is 14.0 Å². The van der Waals surface area contributed by atoms with Crippen molar-refractivity contribution >= 4 is 33.7 Å². The number of hydrogen-bond acceptors (Lipinski definition) is 3. The van der Waals surface area contributed by atoms with E-state index in [0.29, 0.717) is 29.8 Å². The van der Waals surface area contributed by atoms with Gasteiger partial charge in [0.25, 0.3) is 0 Å². The van der Waals surface area contributed by atoms with Crippen LogP contribution in [0.25, 0.3) is 0 Å². The average molecular weight is 416 g/mol. The Bertz CT molecular complexity index is 663. The minimum Gasteiger partial charge on any atom is -0.444 e. The molecule has 0 bridgehead atoms. The lowest BCUT2D eigenvalue weighted by molar-refractivity contribution is 0.0112. The second kappa shape index (κ2) is 7.59. The summed E-state index contributed by atoms with van der Waals surface area (Å²) < 4.78 is 19.3. The maximum Gasteiger partial charge on any atom is 0.410 e. The van der Waals surface area contributed by atoms with E-state index < -0.39 is 11.4 Å². The molecule has 0 aromatic heterocycles. The molecule has 1 aromatic carbocycles. The fourth-order valence-corrected chi connectivity index (χ4v) is 2.77. The van der Waals surface area contributed by atoms with E-state index in [4.69, 9.17) is 4.74 Å². The molecule has 0 radical (unpaired) electrons. The molecular weight excluding hydrogens is 393 g/mol. The Hall–Kier alpha value is -1.83. The Morgan fingerprint density at radius 3 is 2.56 bits per heavy atom. The molecule has 1 aliphatic heterocycles. The molecule has 0 aliphatic carbocycles. The highest BCUT2D eigenvalue weighted by molar-refractivity contribution is 9.10. The van der Waals surface area contributed by atoms with Crippen molar-refractivity contribution in [2.75, 3.05) is 25.0 Å². The Morgan fingerprint density at radius 1 is 1.32 bits per heavy atom. The number of rotatable bonds is 1. The van der Waals surface area contributed by atoms with Crippen LogP contribution in [0.3, 0.4) is 0 Å². The smallest absolute Gasteiger partial charge is 0.410 e. The highest BCUT2D eigenvalue weighted by atomic mass is 79.9. The quantitative estimate of drug-likeness (QED) is 0.751. The van der Waals surface area contributed by atoms with Crippen molar-refractivity contribution in [2.45, 2.75) is 39.3 Å². The van der Waals surface area contributed by atoms with Crippen molar-refractivity contribution in [1.82, 2.24) is 9.80 Å². The normalized spacial score (nSPS) is 18.1. The first-order valence-corrected chi connectivity index (χ1v) is 8.87. The predicted molar refractivity (Wildman–Crippen MR) is 97.1 cm³/mol. The molecule has 1 fully saturated rings. The van der Waals surface area contributed by atoms with Crippen LogP contribution in [0.5, 0.6) is 0 Å². The van der Waals surface area contributed by atoms with Crippen LogP contribution in [0, 0.1) is 5.82 Å². The van der Waals surface area contributed by atoms with Crippen LogP contribution in [-0.2, 0) is 4.74 Å². The zero-order chi connectivity index (χ0) is 18.8. The van der Waals surface area contributed by atoms with Crippen LogP contribution in [0.2, 0.25) is 0 Å². The molecule has 1 aliphatic rings. The van der Waals surface area contributed by atoms with Gasteiger partial charge in [-0.2, -0.15) is 0 Å². The van der Waals surface area contributed by atoms with Crippen molar-refractivity contribution in [3.63, 3.8) is 0 Å². The van der Waals surface area contributed by atoms with Gasteiger partial charge in [-0.15, -0.1) is 0 Å². The van der Waals surface area contributed by atoms with Gasteiger partial charge in [0.1, 0.15) is 11.4 Å². The lowest BCUT2D eigenvalue weighted by atomic mass is 10.2. The van der Waals surface area contributed by atoms with E-state index in [1.165, 1.54) is 12.1 Å². The standard InChI is InChI=1S/C17H23BrFN3O3/c1-11-10-21(16(24)25-17(2,3)4)7-8-22(11)15(23)20-12-5-6-13(18)14(19)9-12/h5-6,9,11H,7-8,10H2,1-4H3,(H,20,23)/t11-/m1/s1. The lowest BCUT2D eigenvalue weighted by Crippen LogP contribution is -2.57. The minimum absolute atomic E-state index is 0.179. The highest BCUT2D eigenvalue weighted by Crippen LogP contribution is 2.21. The summed E-state index contributed by atoms with van der Waals surface area (Å²) in [6.45, 7) is 8.46. The van der Waals surface area contributed by atoms with E-state index >= 15 is 0 Å². The predicted octanol–water partition coefficient (Wildman–Crippen LogP) is 4.06. The van der Waals surface area contributed by atoms with E-state index in [-0.39, 0.29) is 18.2 Å². The molecule has 25 heavy (non-hydrogen) atoms. The molecule has 3 amide bonds. The molecule has 8 heteroatoms. The summed E-state index contributed by atoms with van der Waals surface area (Å²) in [7, 11) is 0. The first-order valence-electron chi connectivity index (χ1n) is 8.07. The third kappa shape index (κ3) is 5.32. The fraction of sp³-hybridized carbons (Fsp3) is 0.529. The van der Waals surface area contributed by atoms with Gasteiger partial charge >= 0.3 is 12.1 Å². The maximum absolute atomic E-state index is 13.6. The Labute approximate surface area is 155 Å². The summed E-state index contributed by atoms with van der Waals surface area (Å²) in [6, 6.07) is 3.91. The van der Waals surface area contributed by atoms with Gasteiger partial charge in [0.05, 0.1) is 4.47 Å². The minimum atomic E-state index is -0.555. The molecular formula is C17H23BrFN3O3. The van der Waals surface area contributed by atoms with Gasteiger partial charge in [-0.05, 0) is 61.8 Å². The molecule has 0 unspecified atom stereocenters. The number of benzene rings is 1. The molecule has 1 aromatic rings. The van der Waals surface area contributed by atoms with E-state index in [1.54, 1.807) is 15.9 Å². The van der Waals surface area contributed by atoms with Crippen LogP contribution in [0.1, 0.15) is 27.7 Å². The number of urea groups is 1. The fourth-order valence-electron chi connectivity index (χ4n) is 2.52. The molecule has 1 N–H and O–H groups in total. The number of carbonyl (C=O) groups is 2. The third-order valence-electron chi connectivity index (χ3n) is 3.71. The molecule has 1 saturated heterocycles. The summed E-state index contributed by atoms with van der Waals surface area (Å²) in [6.07, 6.45) is -0.380. The number of anilines is 1.